The molecular weight excluding hydrogens is 282 g/mol. The fourth-order valence-corrected chi connectivity index (χ4v) is 4.67. The lowest BCUT2D eigenvalue weighted by molar-refractivity contribution is 0.0247. The first-order chi connectivity index (χ1) is 10.2. The van der Waals surface area contributed by atoms with Crippen molar-refractivity contribution in [2.45, 2.75) is 69.8 Å². The first kappa shape index (κ1) is 15.0. The van der Waals surface area contributed by atoms with E-state index in [2.05, 4.69) is 11.4 Å². The zero-order valence-corrected chi connectivity index (χ0v) is 13.4. The van der Waals surface area contributed by atoms with Gasteiger partial charge in [-0.1, -0.05) is 25.7 Å². The van der Waals surface area contributed by atoms with Gasteiger partial charge in [0, 0.05) is 11.4 Å². The Morgan fingerprint density at radius 1 is 1.14 bits per heavy atom. The van der Waals surface area contributed by atoms with Crippen molar-refractivity contribution < 1.29 is 9.90 Å². The van der Waals surface area contributed by atoms with Crippen LogP contribution in [-0.2, 0) is 12.8 Å². The van der Waals surface area contributed by atoms with Crippen molar-refractivity contribution in [3.8, 4) is 0 Å². The van der Waals surface area contributed by atoms with Crippen LogP contribution in [0.5, 0.6) is 0 Å². The minimum absolute atomic E-state index is 0.00734. The molecule has 1 aromatic rings. The summed E-state index contributed by atoms with van der Waals surface area (Å²) in [5.74, 6) is -0.00734. The van der Waals surface area contributed by atoms with E-state index in [1.54, 1.807) is 11.3 Å². The highest BCUT2D eigenvalue weighted by atomic mass is 32.1. The molecule has 1 aromatic heterocycles. The van der Waals surface area contributed by atoms with Crippen molar-refractivity contribution in [3.05, 3.63) is 21.4 Å². The molecule has 116 valence electrons. The first-order valence-corrected chi connectivity index (χ1v) is 9.10. The van der Waals surface area contributed by atoms with Gasteiger partial charge in [0.25, 0.3) is 5.91 Å². The van der Waals surface area contributed by atoms with Gasteiger partial charge in [-0.25, -0.2) is 0 Å². The fourth-order valence-electron chi connectivity index (χ4n) is 3.50. The molecule has 0 atom stereocenters. The number of fused-ring (bicyclic) bond motifs is 1. The zero-order chi connectivity index (χ0) is 14.7. The quantitative estimate of drug-likeness (QED) is 0.840. The number of aryl methyl sites for hydroxylation is 2. The van der Waals surface area contributed by atoms with E-state index in [0.29, 0.717) is 6.54 Å². The van der Waals surface area contributed by atoms with Gasteiger partial charge in [0.2, 0.25) is 0 Å². The lowest BCUT2D eigenvalue weighted by atomic mass is 9.94. The Balaban J connectivity index is 1.59. The summed E-state index contributed by atoms with van der Waals surface area (Å²) in [5.41, 5.74) is 0.674. The predicted octanol–water partition coefficient (Wildman–Crippen LogP) is 3.44. The molecule has 21 heavy (non-hydrogen) atoms. The zero-order valence-electron chi connectivity index (χ0n) is 12.6. The summed E-state index contributed by atoms with van der Waals surface area (Å²) >= 11 is 1.64. The smallest absolute Gasteiger partial charge is 0.261 e. The standard InChI is InChI=1S/C17H25NO2S/c19-16(15-11-13-7-3-4-8-14(13)21-15)18-12-17(20)9-5-1-2-6-10-17/h11,20H,1-10,12H2,(H,18,19). The SMILES string of the molecule is O=C(NCC1(O)CCCCCC1)c1cc2c(s1)CCCC2. The highest BCUT2D eigenvalue weighted by Gasteiger charge is 2.29. The van der Waals surface area contributed by atoms with Gasteiger partial charge in [0.15, 0.2) is 0 Å². The number of carbonyl (C=O) groups is 1. The molecule has 0 saturated heterocycles. The largest absolute Gasteiger partial charge is 0.388 e. The van der Waals surface area contributed by atoms with Crippen LogP contribution < -0.4 is 5.32 Å². The predicted molar refractivity (Wildman–Crippen MR) is 85.9 cm³/mol. The molecule has 3 rings (SSSR count). The van der Waals surface area contributed by atoms with Crippen molar-refractivity contribution in [2.24, 2.45) is 0 Å². The van der Waals surface area contributed by atoms with Crippen LogP contribution in [0.1, 0.15) is 71.5 Å². The molecule has 1 heterocycles. The molecule has 1 saturated carbocycles. The molecule has 4 heteroatoms. The second-order valence-electron chi connectivity index (χ2n) is 6.59. The average Bonchev–Trinajstić information content (AvgIpc) is 2.81. The van der Waals surface area contributed by atoms with Gasteiger partial charge in [-0.15, -0.1) is 11.3 Å². The summed E-state index contributed by atoms with van der Waals surface area (Å²) in [6.07, 6.45) is 10.9. The molecular formula is C17H25NO2S. The number of thiophene rings is 1. The summed E-state index contributed by atoms with van der Waals surface area (Å²) in [6.45, 7) is 0.397. The Hall–Kier alpha value is -0.870. The van der Waals surface area contributed by atoms with Gasteiger partial charge < -0.3 is 10.4 Å². The van der Waals surface area contributed by atoms with Gasteiger partial charge >= 0.3 is 0 Å². The van der Waals surface area contributed by atoms with Crippen LogP contribution in [0.3, 0.4) is 0 Å². The van der Waals surface area contributed by atoms with Gasteiger partial charge in [0.1, 0.15) is 0 Å². The first-order valence-electron chi connectivity index (χ1n) is 8.28. The second-order valence-corrected chi connectivity index (χ2v) is 7.72. The second kappa shape index (κ2) is 6.49. The third-order valence-electron chi connectivity index (χ3n) is 4.83. The molecule has 0 aromatic carbocycles. The van der Waals surface area contributed by atoms with E-state index in [9.17, 15) is 9.90 Å². The maximum Gasteiger partial charge on any atom is 0.261 e. The highest BCUT2D eigenvalue weighted by molar-refractivity contribution is 7.14. The Bertz CT molecular complexity index is 477. The van der Waals surface area contributed by atoms with Crippen molar-refractivity contribution in [1.82, 2.24) is 5.32 Å². The topological polar surface area (TPSA) is 49.3 Å². The van der Waals surface area contributed by atoms with E-state index in [0.717, 1.165) is 43.4 Å². The Morgan fingerprint density at radius 3 is 2.57 bits per heavy atom. The molecule has 0 aliphatic heterocycles. The number of amides is 1. The van der Waals surface area contributed by atoms with Gasteiger partial charge in [0.05, 0.1) is 10.5 Å². The maximum absolute atomic E-state index is 12.3. The number of carbonyl (C=O) groups excluding carboxylic acids is 1. The highest BCUT2D eigenvalue weighted by Crippen LogP contribution is 2.30. The van der Waals surface area contributed by atoms with Gasteiger partial charge in [-0.05, 0) is 50.2 Å². The van der Waals surface area contributed by atoms with Crippen LogP contribution in [0.25, 0.3) is 0 Å². The van der Waals surface area contributed by atoms with E-state index in [1.807, 2.05) is 0 Å². The van der Waals surface area contributed by atoms with Crippen LogP contribution in [0.2, 0.25) is 0 Å². The molecule has 2 aliphatic carbocycles. The van der Waals surface area contributed by atoms with Crippen molar-refractivity contribution in [3.63, 3.8) is 0 Å². The number of hydrogen-bond acceptors (Lipinski definition) is 3. The third-order valence-corrected chi connectivity index (χ3v) is 6.07. The molecule has 3 nitrogen and oxygen atoms in total. The average molecular weight is 307 g/mol. The third kappa shape index (κ3) is 3.67. The summed E-state index contributed by atoms with van der Waals surface area (Å²) in [4.78, 5) is 14.5. The van der Waals surface area contributed by atoms with E-state index in [1.165, 1.54) is 36.1 Å². The monoisotopic (exact) mass is 307 g/mol. The fraction of sp³-hybridized carbons (Fsp3) is 0.706. The van der Waals surface area contributed by atoms with E-state index in [4.69, 9.17) is 0 Å². The van der Waals surface area contributed by atoms with E-state index >= 15 is 0 Å². The minimum atomic E-state index is -0.691. The van der Waals surface area contributed by atoms with Crippen molar-refractivity contribution in [1.29, 1.82) is 0 Å². The molecule has 0 unspecified atom stereocenters. The van der Waals surface area contributed by atoms with Crippen LogP contribution in [-0.4, -0.2) is 23.2 Å². The molecule has 2 N–H and O–H groups in total. The molecule has 1 amide bonds. The van der Waals surface area contributed by atoms with Crippen LogP contribution in [0, 0.1) is 0 Å². The summed E-state index contributed by atoms with van der Waals surface area (Å²) < 4.78 is 0. The molecule has 2 aliphatic rings. The normalized spacial score (nSPS) is 21.4. The summed E-state index contributed by atoms with van der Waals surface area (Å²) in [6, 6.07) is 2.06. The Labute approximate surface area is 130 Å². The Kier molecular flexibility index (Phi) is 4.65. The summed E-state index contributed by atoms with van der Waals surface area (Å²) in [5, 5.41) is 13.6. The van der Waals surface area contributed by atoms with Gasteiger partial charge in [-0.3, -0.25) is 4.79 Å². The molecule has 0 bridgehead atoms. The lowest BCUT2D eigenvalue weighted by Gasteiger charge is -2.26. The summed E-state index contributed by atoms with van der Waals surface area (Å²) in [7, 11) is 0. The Morgan fingerprint density at radius 2 is 1.86 bits per heavy atom. The van der Waals surface area contributed by atoms with E-state index < -0.39 is 5.60 Å². The van der Waals surface area contributed by atoms with Crippen LogP contribution in [0.4, 0.5) is 0 Å². The molecule has 1 fully saturated rings. The molecule has 0 radical (unpaired) electrons. The lowest BCUT2D eigenvalue weighted by Crippen LogP contribution is -2.42. The maximum atomic E-state index is 12.3. The van der Waals surface area contributed by atoms with E-state index in [-0.39, 0.29) is 5.91 Å². The number of nitrogens with one attached hydrogen (secondary N) is 1. The number of rotatable bonds is 3. The molecule has 0 spiro atoms. The minimum Gasteiger partial charge on any atom is -0.388 e. The number of aliphatic hydroxyl groups is 1. The number of hydrogen-bond donors (Lipinski definition) is 2. The van der Waals surface area contributed by atoms with Gasteiger partial charge in [-0.2, -0.15) is 0 Å². The van der Waals surface area contributed by atoms with Crippen molar-refractivity contribution in [2.75, 3.05) is 6.54 Å². The van der Waals surface area contributed by atoms with Crippen molar-refractivity contribution >= 4 is 17.2 Å². The van der Waals surface area contributed by atoms with Crippen LogP contribution in [0.15, 0.2) is 6.07 Å². The van der Waals surface area contributed by atoms with Crippen LogP contribution >= 0.6 is 11.3 Å².